The standard InChI is InChI=1S/C23H23N3O7/c1-3-31-16-9-10-18(19(12-16)32-4-2)26-22(29)17(21(28)25-23(26)30)11-14-5-7-15(8-6-14)33-13-20(24)27/h5-12H,3-4,13H2,1-2H3,(H2,24,27)(H,25,28,30)/b17-11+. The number of hydrogen-bond donors (Lipinski definition) is 2. The van der Waals surface area contributed by atoms with Crippen molar-refractivity contribution in [1.82, 2.24) is 5.32 Å². The molecule has 10 heteroatoms. The van der Waals surface area contributed by atoms with Crippen molar-refractivity contribution in [2.45, 2.75) is 13.8 Å². The Hall–Kier alpha value is -4.34. The lowest BCUT2D eigenvalue weighted by atomic mass is 10.1. The van der Waals surface area contributed by atoms with E-state index < -0.39 is 23.8 Å². The number of anilines is 1. The fourth-order valence-corrected chi connectivity index (χ4v) is 3.06. The van der Waals surface area contributed by atoms with Gasteiger partial charge in [0.15, 0.2) is 6.61 Å². The van der Waals surface area contributed by atoms with Crippen LogP contribution in [0.4, 0.5) is 10.5 Å². The lowest BCUT2D eigenvalue weighted by Gasteiger charge is -2.28. The first-order chi connectivity index (χ1) is 15.8. The molecule has 1 aliphatic rings. The van der Waals surface area contributed by atoms with Crippen molar-refractivity contribution >= 4 is 35.5 Å². The number of urea groups is 1. The number of primary amides is 1. The highest BCUT2D eigenvalue weighted by atomic mass is 16.5. The zero-order chi connectivity index (χ0) is 24.0. The number of nitrogens with two attached hydrogens (primary N) is 1. The maximum atomic E-state index is 13.2. The molecule has 33 heavy (non-hydrogen) atoms. The predicted molar refractivity (Wildman–Crippen MR) is 119 cm³/mol. The van der Waals surface area contributed by atoms with E-state index in [0.717, 1.165) is 4.90 Å². The number of ether oxygens (including phenoxy) is 3. The number of imide groups is 2. The number of carbonyl (C=O) groups excluding carboxylic acids is 4. The van der Waals surface area contributed by atoms with E-state index in [9.17, 15) is 19.2 Å². The highest BCUT2D eigenvalue weighted by Crippen LogP contribution is 2.34. The van der Waals surface area contributed by atoms with Gasteiger partial charge in [-0.15, -0.1) is 0 Å². The Labute approximate surface area is 189 Å². The van der Waals surface area contributed by atoms with Crippen LogP contribution in [0.5, 0.6) is 17.2 Å². The number of carbonyl (C=O) groups is 4. The Morgan fingerprint density at radius 1 is 0.970 bits per heavy atom. The van der Waals surface area contributed by atoms with Gasteiger partial charge in [0.1, 0.15) is 22.8 Å². The molecule has 1 fully saturated rings. The molecule has 0 unspecified atom stereocenters. The average molecular weight is 453 g/mol. The van der Waals surface area contributed by atoms with E-state index in [4.69, 9.17) is 19.9 Å². The molecule has 1 heterocycles. The molecule has 172 valence electrons. The highest BCUT2D eigenvalue weighted by Gasteiger charge is 2.38. The summed E-state index contributed by atoms with van der Waals surface area (Å²) in [5, 5.41) is 2.18. The molecule has 0 atom stereocenters. The van der Waals surface area contributed by atoms with Crippen LogP contribution < -0.4 is 30.2 Å². The molecule has 3 N–H and O–H groups in total. The van der Waals surface area contributed by atoms with E-state index in [1.54, 1.807) is 43.3 Å². The maximum absolute atomic E-state index is 13.2. The van der Waals surface area contributed by atoms with Crippen LogP contribution in [-0.4, -0.2) is 43.6 Å². The molecule has 0 aromatic heterocycles. The Morgan fingerprint density at radius 3 is 2.27 bits per heavy atom. The number of barbiturate groups is 1. The third-order valence-corrected chi connectivity index (χ3v) is 4.46. The summed E-state index contributed by atoms with van der Waals surface area (Å²) in [5.41, 5.74) is 5.49. The SMILES string of the molecule is CCOc1ccc(N2C(=O)NC(=O)/C(=C\c3ccc(OCC(N)=O)cc3)C2=O)c(OCC)c1. The van der Waals surface area contributed by atoms with Gasteiger partial charge >= 0.3 is 6.03 Å². The molecule has 10 nitrogen and oxygen atoms in total. The maximum Gasteiger partial charge on any atom is 0.336 e. The van der Waals surface area contributed by atoms with Crippen LogP contribution in [0.2, 0.25) is 0 Å². The summed E-state index contributed by atoms with van der Waals surface area (Å²) >= 11 is 0. The molecule has 5 amide bonds. The molecule has 3 rings (SSSR count). The van der Waals surface area contributed by atoms with Crippen LogP contribution >= 0.6 is 0 Å². The van der Waals surface area contributed by atoms with Gasteiger partial charge in [-0.05, 0) is 49.8 Å². The smallest absolute Gasteiger partial charge is 0.336 e. The average Bonchev–Trinajstić information content (AvgIpc) is 2.77. The molecule has 2 aromatic rings. The molecule has 0 saturated carbocycles. The van der Waals surface area contributed by atoms with Crippen molar-refractivity contribution in [3.8, 4) is 17.2 Å². The Balaban J connectivity index is 1.92. The Morgan fingerprint density at radius 2 is 1.64 bits per heavy atom. The lowest BCUT2D eigenvalue weighted by Crippen LogP contribution is -2.54. The summed E-state index contributed by atoms with van der Waals surface area (Å²) < 4.78 is 16.3. The van der Waals surface area contributed by atoms with Crippen molar-refractivity contribution in [3.05, 3.63) is 53.6 Å². The molecule has 1 aliphatic heterocycles. The number of benzene rings is 2. The van der Waals surface area contributed by atoms with Gasteiger partial charge in [0.05, 0.1) is 18.9 Å². The van der Waals surface area contributed by atoms with Gasteiger partial charge in [-0.2, -0.15) is 0 Å². The molecule has 1 saturated heterocycles. The Bertz CT molecular complexity index is 1110. The van der Waals surface area contributed by atoms with Crippen LogP contribution in [0.3, 0.4) is 0 Å². The third kappa shape index (κ3) is 5.48. The fraction of sp³-hybridized carbons (Fsp3) is 0.217. The minimum atomic E-state index is -0.887. The van der Waals surface area contributed by atoms with Crippen molar-refractivity contribution in [3.63, 3.8) is 0 Å². The van der Waals surface area contributed by atoms with Crippen LogP contribution in [-0.2, 0) is 14.4 Å². The van der Waals surface area contributed by atoms with Gasteiger partial charge in [-0.3, -0.25) is 19.7 Å². The van der Waals surface area contributed by atoms with E-state index in [0.29, 0.717) is 23.7 Å². The van der Waals surface area contributed by atoms with Crippen LogP contribution in [0.25, 0.3) is 6.08 Å². The Kier molecular flexibility index (Phi) is 7.29. The normalized spacial score (nSPS) is 14.8. The van der Waals surface area contributed by atoms with Crippen LogP contribution in [0.1, 0.15) is 19.4 Å². The summed E-state index contributed by atoms with van der Waals surface area (Å²) in [6, 6.07) is 10.1. The molecule has 0 aliphatic carbocycles. The number of nitrogens with one attached hydrogen (secondary N) is 1. The van der Waals surface area contributed by atoms with Crippen LogP contribution in [0, 0.1) is 0 Å². The topological polar surface area (TPSA) is 137 Å². The van der Waals surface area contributed by atoms with Crippen molar-refractivity contribution in [2.75, 3.05) is 24.7 Å². The zero-order valence-electron chi connectivity index (χ0n) is 18.1. The number of nitrogens with zero attached hydrogens (tertiary/aromatic N) is 1. The quantitative estimate of drug-likeness (QED) is 0.438. The summed E-state index contributed by atoms with van der Waals surface area (Å²) in [6.07, 6.45) is 1.35. The van der Waals surface area contributed by atoms with Crippen molar-refractivity contribution in [1.29, 1.82) is 0 Å². The molecular weight excluding hydrogens is 430 g/mol. The summed E-state index contributed by atoms with van der Waals surface area (Å²) in [4.78, 5) is 49.8. The first-order valence-corrected chi connectivity index (χ1v) is 10.2. The molecule has 0 radical (unpaired) electrons. The first kappa shape index (κ1) is 23.3. The zero-order valence-corrected chi connectivity index (χ0v) is 18.1. The van der Waals surface area contributed by atoms with E-state index in [-0.39, 0.29) is 30.2 Å². The number of amides is 5. The van der Waals surface area contributed by atoms with E-state index in [1.807, 2.05) is 6.92 Å². The molecule has 0 spiro atoms. The van der Waals surface area contributed by atoms with E-state index in [2.05, 4.69) is 5.32 Å². The second-order valence-corrected chi connectivity index (χ2v) is 6.78. The van der Waals surface area contributed by atoms with E-state index >= 15 is 0 Å². The second-order valence-electron chi connectivity index (χ2n) is 6.78. The van der Waals surface area contributed by atoms with Crippen molar-refractivity contribution in [2.24, 2.45) is 5.73 Å². The monoisotopic (exact) mass is 453 g/mol. The first-order valence-electron chi connectivity index (χ1n) is 10.2. The van der Waals surface area contributed by atoms with Gasteiger partial charge in [0.2, 0.25) is 0 Å². The second kappa shape index (κ2) is 10.3. The van der Waals surface area contributed by atoms with Crippen LogP contribution in [0.15, 0.2) is 48.0 Å². The van der Waals surface area contributed by atoms with Gasteiger partial charge in [0.25, 0.3) is 17.7 Å². The van der Waals surface area contributed by atoms with E-state index in [1.165, 1.54) is 12.1 Å². The predicted octanol–water partition coefficient (Wildman–Crippen LogP) is 2.01. The summed E-state index contributed by atoms with van der Waals surface area (Å²) in [5.74, 6) is -1.07. The third-order valence-electron chi connectivity index (χ3n) is 4.46. The van der Waals surface area contributed by atoms with Crippen molar-refractivity contribution < 1.29 is 33.4 Å². The number of rotatable bonds is 9. The van der Waals surface area contributed by atoms with Gasteiger partial charge in [0, 0.05) is 6.07 Å². The highest BCUT2D eigenvalue weighted by molar-refractivity contribution is 6.39. The lowest BCUT2D eigenvalue weighted by molar-refractivity contribution is -0.123. The molecule has 2 aromatic carbocycles. The summed E-state index contributed by atoms with van der Waals surface area (Å²) in [7, 11) is 0. The van der Waals surface area contributed by atoms with Gasteiger partial charge in [-0.1, -0.05) is 12.1 Å². The minimum Gasteiger partial charge on any atom is -0.494 e. The molecular formula is C23H23N3O7. The summed E-state index contributed by atoms with van der Waals surface area (Å²) in [6.45, 7) is 4.04. The minimum absolute atomic E-state index is 0.177. The van der Waals surface area contributed by atoms with Gasteiger partial charge < -0.3 is 19.9 Å². The van der Waals surface area contributed by atoms with Gasteiger partial charge in [-0.25, -0.2) is 9.69 Å². The number of hydrogen-bond acceptors (Lipinski definition) is 7. The fourth-order valence-electron chi connectivity index (χ4n) is 3.06. The molecule has 0 bridgehead atoms. The largest absolute Gasteiger partial charge is 0.494 e.